The largest absolute Gasteiger partial charge is 0.487 e. The summed E-state index contributed by atoms with van der Waals surface area (Å²) in [5, 5.41) is 0. The van der Waals surface area contributed by atoms with Crippen molar-refractivity contribution in [2.75, 3.05) is 26.2 Å². The topological polar surface area (TPSA) is 28.6 Å². The molecule has 3 heterocycles. The van der Waals surface area contributed by atoms with Crippen molar-refractivity contribution in [2.45, 2.75) is 44.9 Å². The summed E-state index contributed by atoms with van der Waals surface area (Å²) in [6, 6.07) is 15.2. The molecule has 0 spiro atoms. The van der Waals surface area contributed by atoms with Gasteiger partial charge in [-0.25, -0.2) is 0 Å². The predicted molar refractivity (Wildman–Crippen MR) is 104 cm³/mol. The lowest BCUT2D eigenvalue weighted by atomic mass is 10.1. The van der Waals surface area contributed by atoms with Crippen LogP contribution in [0.3, 0.4) is 0 Å². The van der Waals surface area contributed by atoms with Crippen LogP contribution in [0.2, 0.25) is 0 Å². The fourth-order valence-corrected chi connectivity index (χ4v) is 4.17. The third-order valence-corrected chi connectivity index (χ3v) is 5.57. The van der Waals surface area contributed by atoms with Gasteiger partial charge < -0.3 is 4.74 Å². The van der Waals surface area contributed by atoms with Gasteiger partial charge in [0, 0.05) is 31.9 Å². The van der Waals surface area contributed by atoms with E-state index in [0.29, 0.717) is 6.61 Å². The molecule has 26 heavy (non-hydrogen) atoms. The minimum Gasteiger partial charge on any atom is -0.487 e. The van der Waals surface area contributed by atoms with Crippen LogP contribution in [0.4, 0.5) is 0 Å². The van der Waals surface area contributed by atoms with Crippen LogP contribution in [0.15, 0.2) is 48.7 Å². The Morgan fingerprint density at radius 2 is 1.92 bits per heavy atom. The minimum atomic E-state index is 0.519. The Morgan fingerprint density at radius 1 is 1.00 bits per heavy atom. The average Bonchev–Trinajstić information content (AvgIpc) is 3.17. The predicted octanol–water partition coefficient (Wildman–Crippen LogP) is 3.72. The van der Waals surface area contributed by atoms with Crippen molar-refractivity contribution in [1.29, 1.82) is 0 Å². The molecule has 0 N–H and O–H groups in total. The summed E-state index contributed by atoms with van der Waals surface area (Å²) in [7, 11) is 0. The monoisotopic (exact) mass is 351 g/mol. The highest BCUT2D eigenvalue weighted by molar-refractivity contribution is 5.28. The molecule has 0 aliphatic carbocycles. The van der Waals surface area contributed by atoms with Gasteiger partial charge in [-0.1, -0.05) is 24.6 Å². The number of rotatable bonds is 6. The van der Waals surface area contributed by atoms with E-state index in [0.717, 1.165) is 24.0 Å². The van der Waals surface area contributed by atoms with Gasteiger partial charge in [-0.3, -0.25) is 14.8 Å². The standard InChI is InChI=1S/C22H29N3O/c1-4-12-25(13-5-1)21-10-14-24(17-21)16-19-7-6-9-22(15-19)26-18-20-8-2-3-11-23-20/h2-3,6-9,11,15,21H,1,4-5,10,12-14,16-18H2/t21-/m0/s1. The fourth-order valence-electron chi connectivity index (χ4n) is 4.17. The van der Waals surface area contributed by atoms with Crippen LogP contribution in [-0.4, -0.2) is 47.0 Å². The Kier molecular flexibility index (Phi) is 5.82. The molecule has 2 aromatic rings. The van der Waals surface area contributed by atoms with Crippen LogP contribution in [-0.2, 0) is 13.2 Å². The zero-order chi connectivity index (χ0) is 17.6. The number of pyridine rings is 1. The lowest BCUT2D eigenvalue weighted by Crippen LogP contribution is -2.40. The van der Waals surface area contributed by atoms with E-state index in [1.54, 1.807) is 6.20 Å². The molecule has 2 aliphatic heterocycles. The van der Waals surface area contributed by atoms with E-state index < -0.39 is 0 Å². The van der Waals surface area contributed by atoms with E-state index in [4.69, 9.17) is 4.74 Å². The maximum Gasteiger partial charge on any atom is 0.130 e. The minimum absolute atomic E-state index is 0.519. The lowest BCUT2D eigenvalue weighted by molar-refractivity contribution is 0.161. The molecule has 0 amide bonds. The van der Waals surface area contributed by atoms with Crippen LogP contribution < -0.4 is 4.74 Å². The van der Waals surface area contributed by atoms with Gasteiger partial charge in [-0.15, -0.1) is 0 Å². The molecule has 0 saturated carbocycles. The number of piperidine rings is 1. The molecule has 0 bridgehead atoms. The molecule has 4 nitrogen and oxygen atoms in total. The van der Waals surface area contributed by atoms with Crippen molar-refractivity contribution in [3.8, 4) is 5.75 Å². The van der Waals surface area contributed by atoms with Crippen molar-refractivity contribution in [3.63, 3.8) is 0 Å². The first-order valence-electron chi connectivity index (χ1n) is 9.95. The van der Waals surface area contributed by atoms with Gasteiger partial charge in [0.2, 0.25) is 0 Å². The molecule has 1 aromatic heterocycles. The highest BCUT2D eigenvalue weighted by Crippen LogP contribution is 2.23. The molecule has 2 fully saturated rings. The highest BCUT2D eigenvalue weighted by atomic mass is 16.5. The quantitative estimate of drug-likeness (QED) is 0.793. The van der Waals surface area contributed by atoms with Gasteiger partial charge in [0.1, 0.15) is 12.4 Å². The Balaban J connectivity index is 1.29. The number of ether oxygens (including phenoxy) is 1. The zero-order valence-corrected chi connectivity index (χ0v) is 15.5. The molecule has 0 unspecified atom stereocenters. The number of benzene rings is 1. The Morgan fingerprint density at radius 3 is 2.77 bits per heavy atom. The first-order valence-corrected chi connectivity index (χ1v) is 9.95. The highest BCUT2D eigenvalue weighted by Gasteiger charge is 2.28. The summed E-state index contributed by atoms with van der Waals surface area (Å²) in [4.78, 5) is 9.63. The third-order valence-electron chi connectivity index (χ3n) is 5.57. The summed E-state index contributed by atoms with van der Waals surface area (Å²) < 4.78 is 5.92. The van der Waals surface area contributed by atoms with E-state index in [-0.39, 0.29) is 0 Å². The SMILES string of the molecule is c1ccc(COc2cccc(CN3CC[C@H](N4CCCCC4)C3)c2)nc1. The molecule has 4 rings (SSSR count). The fraction of sp³-hybridized carbons (Fsp3) is 0.500. The van der Waals surface area contributed by atoms with Gasteiger partial charge in [0.05, 0.1) is 5.69 Å². The van der Waals surface area contributed by atoms with Gasteiger partial charge >= 0.3 is 0 Å². The Hall–Kier alpha value is -1.91. The number of nitrogens with zero attached hydrogens (tertiary/aromatic N) is 3. The molecule has 138 valence electrons. The first-order chi connectivity index (χ1) is 12.9. The number of hydrogen-bond acceptors (Lipinski definition) is 4. The van der Waals surface area contributed by atoms with E-state index >= 15 is 0 Å². The average molecular weight is 351 g/mol. The van der Waals surface area contributed by atoms with Crippen molar-refractivity contribution in [2.24, 2.45) is 0 Å². The number of aromatic nitrogens is 1. The van der Waals surface area contributed by atoms with Crippen LogP contribution >= 0.6 is 0 Å². The summed E-state index contributed by atoms with van der Waals surface area (Å²) in [5.74, 6) is 0.930. The molecule has 1 aromatic carbocycles. The second kappa shape index (κ2) is 8.65. The molecule has 2 aliphatic rings. The third kappa shape index (κ3) is 4.63. The van der Waals surface area contributed by atoms with Crippen molar-refractivity contribution < 1.29 is 4.74 Å². The molecule has 1 atom stereocenters. The van der Waals surface area contributed by atoms with Crippen molar-refractivity contribution >= 4 is 0 Å². The maximum atomic E-state index is 5.92. The smallest absolute Gasteiger partial charge is 0.130 e. The molecular formula is C22H29N3O. The summed E-state index contributed by atoms with van der Waals surface area (Å²) in [6.07, 6.45) is 7.30. The van der Waals surface area contributed by atoms with Gasteiger partial charge in [0.15, 0.2) is 0 Å². The van der Waals surface area contributed by atoms with Gasteiger partial charge in [0.25, 0.3) is 0 Å². The van der Waals surface area contributed by atoms with E-state index in [1.165, 1.54) is 57.4 Å². The molecular weight excluding hydrogens is 322 g/mol. The van der Waals surface area contributed by atoms with E-state index in [1.807, 2.05) is 24.3 Å². The molecule has 2 saturated heterocycles. The number of likely N-dealkylation sites (tertiary alicyclic amines) is 2. The summed E-state index contributed by atoms with van der Waals surface area (Å²) >= 11 is 0. The summed E-state index contributed by atoms with van der Waals surface area (Å²) in [6.45, 7) is 6.56. The maximum absolute atomic E-state index is 5.92. The van der Waals surface area contributed by atoms with Gasteiger partial charge in [-0.05, 0) is 62.2 Å². The second-order valence-electron chi connectivity index (χ2n) is 7.53. The first kappa shape index (κ1) is 17.5. The zero-order valence-electron chi connectivity index (χ0n) is 15.5. The normalized spacial score (nSPS) is 21.8. The second-order valence-corrected chi connectivity index (χ2v) is 7.53. The summed E-state index contributed by atoms with van der Waals surface area (Å²) in [5.41, 5.74) is 2.30. The van der Waals surface area contributed by atoms with Crippen LogP contribution in [0.25, 0.3) is 0 Å². The van der Waals surface area contributed by atoms with Crippen LogP contribution in [0.5, 0.6) is 5.75 Å². The molecule has 0 radical (unpaired) electrons. The van der Waals surface area contributed by atoms with E-state index in [2.05, 4.69) is 33.0 Å². The van der Waals surface area contributed by atoms with Crippen LogP contribution in [0.1, 0.15) is 36.9 Å². The van der Waals surface area contributed by atoms with Crippen LogP contribution in [0, 0.1) is 0 Å². The van der Waals surface area contributed by atoms with E-state index in [9.17, 15) is 0 Å². The van der Waals surface area contributed by atoms with Crippen molar-refractivity contribution in [3.05, 3.63) is 59.9 Å². The van der Waals surface area contributed by atoms with Crippen molar-refractivity contribution in [1.82, 2.24) is 14.8 Å². The van der Waals surface area contributed by atoms with Gasteiger partial charge in [-0.2, -0.15) is 0 Å². The molecule has 4 heteroatoms. The number of hydrogen-bond donors (Lipinski definition) is 0. The Labute approximate surface area is 156 Å². The lowest BCUT2D eigenvalue weighted by Gasteiger charge is -2.32. The Bertz CT molecular complexity index is 685.